The summed E-state index contributed by atoms with van der Waals surface area (Å²) >= 11 is -0.192. The fraction of sp³-hybridized carbons (Fsp3) is 0.524. The van der Waals surface area contributed by atoms with Crippen molar-refractivity contribution >= 4 is 23.5 Å². The Hall–Kier alpha value is -2.16. The van der Waals surface area contributed by atoms with Crippen molar-refractivity contribution in [3.8, 4) is 11.1 Å². The highest BCUT2D eigenvalue weighted by molar-refractivity contribution is 8.00. The van der Waals surface area contributed by atoms with Gasteiger partial charge in [0.25, 0.3) is 5.56 Å². The SMILES string of the molecule is Cn1c(N2CCC3(CCCC3)CC2)nc(N)c(-c2ccc(SC(F)(F)F)cc2)c1=O. The molecular formula is C21H25F3N4OS. The van der Waals surface area contributed by atoms with E-state index in [1.54, 1.807) is 7.05 Å². The molecule has 1 aromatic carbocycles. The number of benzene rings is 1. The van der Waals surface area contributed by atoms with E-state index in [1.165, 1.54) is 54.5 Å². The lowest BCUT2D eigenvalue weighted by atomic mass is 9.77. The number of nitrogens with two attached hydrogens (primary N) is 1. The van der Waals surface area contributed by atoms with Crippen LogP contribution in [0.1, 0.15) is 38.5 Å². The second-order valence-corrected chi connectivity index (χ2v) is 9.44. The summed E-state index contributed by atoms with van der Waals surface area (Å²) < 4.78 is 39.1. The minimum Gasteiger partial charge on any atom is -0.383 e. The van der Waals surface area contributed by atoms with Gasteiger partial charge in [0.05, 0.1) is 5.56 Å². The summed E-state index contributed by atoms with van der Waals surface area (Å²) in [6.07, 6.45) is 7.39. The highest BCUT2D eigenvalue weighted by Gasteiger charge is 2.37. The van der Waals surface area contributed by atoms with Crippen molar-refractivity contribution < 1.29 is 13.2 Å². The maximum atomic E-state index is 13.0. The number of piperidine rings is 1. The molecule has 0 bridgehead atoms. The van der Waals surface area contributed by atoms with Gasteiger partial charge in [0.15, 0.2) is 0 Å². The predicted octanol–water partition coefficient (Wildman–Crippen LogP) is 4.80. The van der Waals surface area contributed by atoms with Crippen LogP contribution >= 0.6 is 11.8 Å². The van der Waals surface area contributed by atoms with Crippen molar-refractivity contribution in [2.24, 2.45) is 12.5 Å². The van der Waals surface area contributed by atoms with Crippen molar-refractivity contribution in [2.75, 3.05) is 23.7 Å². The van der Waals surface area contributed by atoms with Gasteiger partial charge in [-0.2, -0.15) is 18.2 Å². The lowest BCUT2D eigenvalue weighted by Crippen LogP contribution is -2.42. The molecule has 0 atom stereocenters. The molecule has 1 spiro atoms. The van der Waals surface area contributed by atoms with Crippen molar-refractivity contribution in [3.05, 3.63) is 34.6 Å². The Kier molecular flexibility index (Phi) is 5.50. The molecule has 1 aromatic heterocycles. The molecule has 0 unspecified atom stereocenters. The Morgan fingerprint density at radius 3 is 2.23 bits per heavy atom. The molecule has 2 N–H and O–H groups in total. The van der Waals surface area contributed by atoms with Crippen LogP contribution in [0.4, 0.5) is 24.9 Å². The van der Waals surface area contributed by atoms with Gasteiger partial charge in [0.1, 0.15) is 5.82 Å². The second-order valence-electron chi connectivity index (χ2n) is 8.30. The number of anilines is 2. The van der Waals surface area contributed by atoms with Gasteiger partial charge in [-0.25, -0.2) is 0 Å². The number of hydrogen-bond acceptors (Lipinski definition) is 5. The fourth-order valence-electron chi connectivity index (χ4n) is 4.79. The van der Waals surface area contributed by atoms with Crippen molar-refractivity contribution in [3.63, 3.8) is 0 Å². The molecule has 2 heterocycles. The summed E-state index contributed by atoms with van der Waals surface area (Å²) in [6.45, 7) is 1.70. The maximum Gasteiger partial charge on any atom is 0.446 e. The van der Waals surface area contributed by atoms with E-state index >= 15 is 0 Å². The summed E-state index contributed by atoms with van der Waals surface area (Å²) in [4.78, 5) is 19.7. The van der Waals surface area contributed by atoms with Gasteiger partial charge < -0.3 is 10.6 Å². The molecule has 2 aliphatic rings. The lowest BCUT2D eigenvalue weighted by Gasteiger charge is -2.40. The van der Waals surface area contributed by atoms with Gasteiger partial charge in [0, 0.05) is 25.0 Å². The van der Waals surface area contributed by atoms with Crippen LogP contribution in [-0.4, -0.2) is 28.1 Å². The second kappa shape index (κ2) is 7.83. The summed E-state index contributed by atoms with van der Waals surface area (Å²) in [5.74, 6) is 0.656. The molecule has 5 nitrogen and oxygen atoms in total. The molecule has 1 saturated heterocycles. The summed E-state index contributed by atoms with van der Waals surface area (Å²) in [5.41, 5.74) is 2.63. The molecule has 1 aliphatic carbocycles. The normalized spacial score (nSPS) is 18.9. The molecular weight excluding hydrogens is 413 g/mol. The molecule has 2 aromatic rings. The third-order valence-electron chi connectivity index (χ3n) is 6.44. The number of nitrogen functional groups attached to an aromatic ring is 1. The number of rotatable bonds is 3. The third kappa shape index (κ3) is 4.17. The third-order valence-corrected chi connectivity index (χ3v) is 7.18. The average molecular weight is 439 g/mol. The van der Waals surface area contributed by atoms with Crippen LogP contribution in [0.3, 0.4) is 0 Å². The Bertz CT molecular complexity index is 971. The topological polar surface area (TPSA) is 64.2 Å². The number of nitrogens with zero attached hydrogens (tertiary/aromatic N) is 3. The highest BCUT2D eigenvalue weighted by Crippen LogP contribution is 2.46. The van der Waals surface area contributed by atoms with Gasteiger partial charge >= 0.3 is 5.51 Å². The van der Waals surface area contributed by atoms with E-state index in [0.717, 1.165) is 25.9 Å². The van der Waals surface area contributed by atoms with Crippen LogP contribution in [0.2, 0.25) is 0 Å². The zero-order valence-electron chi connectivity index (χ0n) is 16.8. The molecule has 0 amide bonds. The Balaban J connectivity index is 1.58. The molecule has 4 rings (SSSR count). The van der Waals surface area contributed by atoms with E-state index in [2.05, 4.69) is 9.88 Å². The van der Waals surface area contributed by atoms with E-state index in [9.17, 15) is 18.0 Å². The molecule has 1 aliphatic heterocycles. The van der Waals surface area contributed by atoms with E-state index in [-0.39, 0.29) is 33.6 Å². The minimum atomic E-state index is -4.36. The van der Waals surface area contributed by atoms with Gasteiger partial charge in [-0.1, -0.05) is 25.0 Å². The van der Waals surface area contributed by atoms with Crippen LogP contribution < -0.4 is 16.2 Å². The maximum absolute atomic E-state index is 13.0. The summed E-state index contributed by atoms with van der Waals surface area (Å²) in [6, 6.07) is 5.64. The van der Waals surface area contributed by atoms with Crippen LogP contribution in [0.15, 0.2) is 34.0 Å². The monoisotopic (exact) mass is 438 g/mol. The predicted molar refractivity (Wildman–Crippen MR) is 114 cm³/mol. The Labute approximate surface area is 177 Å². The highest BCUT2D eigenvalue weighted by atomic mass is 32.2. The van der Waals surface area contributed by atoms with Crippen LogP contribution in [0.5, 0.6) is 0 Å². The van der Waals surface area contributed by atoms with Gasteiger partial charge in [0.2, 0.25) is 5.95 Å². The van der Waals surface area contributed by atoms with Crippen molar-refractivity contribution in [2.45, 2.75) is 48.9 Å². The largest absolute Gasteiger partial charge is 0.446 e. The number of halogens is 3. The standard InChI is InChI=1S/C21H25F3N4OS/c1-27-18(29)16(14-4-6-15(7-5-14)30-21(22,23)24)17(25)26-19(27)28-12-10-20(11-13-28)8-2-3-9-20/h4-7H,2-3,8-13,25H2,1H3. The summed E-state index contributed by atoms with van der Waals surface area (Å²) in [5, 5.41) is 0. The van der Waals surface area contributed by atoms with Gasteiger partial charge in [-0.3, -0.25) is 9.36 Å². The lowest BCUT2D eigenvalue weighted by molar-refractivity contribution is -0.0328. The van der Waals surface area contributed by atoms with E-state index < -0.39 is 5.51 Å². The van der Waals surface area contributed by atoms with E-state index in [1.807, 2.05) is 0 Å². The van der Waals surface area contributed by atoms with Crippen molar-refractivity contribution in [1.29, 1.82) is 0 Å². The Morgan fingerprint density at radius 1 is 1.07 bits per heavy atom. The number of alkyl halides is 3. The zero-order chi connectivity index (χ0) is 21.5. The van der Waals surface area contributed by atoms with Crippen LogP contribution in [-0.2, 0) is 7.05 Å². The molecule has 0 radical (unpaired) electrons. The zero-order valence-corrected chi connectivity index (χ0v) is 17.7. The van der Waals surface area contributed by atoms with E-state index in [0.29, 0.717) is 16.9 Å². The minimum absolute atomic E-state index is 0.0559. The van der Waals surface area contributed by atoms with Crippen LogP contribution in [0, 0.1) is 5.41 Å². The van der Waals surface area contributed by atoms with E-state index in [4.69, 9.17) is 5.73 Å². The number of aromatic nitrogens is 2. The quantitative estimate of drug-likeness (QED) is 0.698. The average Bonchev–Trinajstić information content (AvgIpc) is 3.14. The fourth-order valence-corrected chi connectivity index (χ4v) is 5.33. The van der Waals surface area contributed by atoms with Gasteiger partial charge in [-0.05, 0) is 60.6 Å². The first kappa shape index (κ1) is 21.1. The van der Waals surface area contributed by atoms with Gasteiger partial charge in [-0.15, -0.1) is 0 Å². The number of thioether (sulfide) groups is 1. The molecule has 162 valence electrons. The Morgan fingerprint density at radius 2 is 1.67 bits per heavy atom. The smallest absolute Gasteiger partial charge is 0.383 e. The molecule has 9 heteroatoms. The first-order chi connectivity index (χ1) is 14.2. The first-order valence-electron chi connectivity index (χ1n) is 10.2. The number of hydrogen-bond donors (Lipinski definition) is 1. The summed E-state index contributed by atoms with van der Waals surface area (Å²) in [7, 11) is 1.67. The first-order valence-corrected chi connectivity index (χ1v) is 11.0. The molecule has 2 fully saturated rings. The van der Waals surface area contributed by atoms with Crippen LogP contribution in [0.25, 0.3) is 11.1 Å². The molecule has 1 saturated carbocycles. The van der Waals surface area contributed by atoms with Crippen molar-refractivity contribution in [1.82, 2.24) is 9.55 Å². The molecule has 30 heavy (non-hydrogen) atoms.